The summed E-state index contributed by atoms with van der Waals surface area (Å²) in [6.45, 7) is 6.57. The number of benzene rings is 8. The predicted molar refractivity (Wildman–Crippen MR) is 250 cm³/mol. The molecule has 2 aromatic heterocycles. The van der Waals surface area contributed by atoms with Gasteiger partial charge in [0.1, 0.15) is 17.0 Å². The molecule has 0 saturated heterocycles. The molecule has 0 fully saturated rings. The maximum absolute atomic E-state index is 9.07. The van der Waals surface area contributed by atoms with Gasteiger partial charge in [-0.1, -0.05) is 153 Å². The molecular weight excluding hydrogens is 739 g/mol. The van der Waals surface area contributed by atoms with Gasteiger partial charge in [-0.2, -0.15) is 0 Å². The number of furan rings is 1. The Morgan fingerprint density at radius 1 is 0.559 bits per heavy atom. The number of fused-ring (bicyclic) bond motifs is 9. The molecule has 1 aliphatic rings. The molecule has 0 amide bonds. The average Bonchev–Trinajstić information content (AvgIpc) is 3.91. The summed E-state index contributed by atoms with van der Waals surface area (Å²) in [5, 5.41) is 13.4. The van der Waals surface area contributed by atoms with Crippen molar-refractivity contribution in [3.8, 4) is 33.4 Å². The lowest BCUT2D eigenvalue weighted by Gasteiger charge is -2.21. The number of nitrogens with two attached hydrogens (primary N) is 1. The van der Waals surface area contributed by atoms with E-state index in [1.807, 2.05) is 53.8 Å². The lowest BCUT2D eigenvalue weighted by Crippen LogP contribution is -2.17. The third-order valence-electron chi connectivity index (χ3n) is 11.7. The molecule has 1 aliphatic carbocycles. The Labute approximate surface area is 347 Å². The van der Waals surface area contributed by atoms with Crippen molar-refractivity contribution < 1.29 is 4.42 Å². The lowest BCUT2D eigenvalue weighted by atomic mass is 9.82. The van der Waals surface area contributed by atoms with Gasteiger partial charge in [0, 0.05) is 47.5 Å². The van der Waals surface area contributed by atoms with Gasteiger partial charge in [0.15, 0.2) is 5.84 Å². The van der Waals surface area contributed by atoms with E-state index in [9.17, 15) is 0 Å². The quantitative estimate of drug-likeness (QED) is 0.138. The fourth-order valence-corrected chi connectivity index (χ4v) is 9.89. The first-order valence-electron chi connectivity index (χ1n) is 19.9. The Balaban J connectivity index is 0.000000547. The van der Waals surface area contributed by atoms with E-state index >= 15 is 0 Å². The van der Waals surface area contributed by atoms with Gasteiger partial charge in [0.05, 0.1) is 0 Å². The van der Waals surface area contributed by atoms with Crippen LogP contribution in [0.25, 0.3) is 75.5 Å². The zero-order valence-corrected chi connectivity index (χ0v) is 33.9. The molecule has 11 rings (SSSR count). The van der Waals surface area contributed by atoms with Crippen molar-refractivity contribution in [2.45, 2.75) is 26.2 Å². The van der Waals surface area contributed by atoms with E-state index in [2.05, 4.69) is 154 Å². The van der Waals surface area contributed by atoms with Gasteiger partial charge in [-0.15, -0.1) is 11.3 Å². The Kier molecular flexibility index (Phi) is 8.84. The highest BCUT2D eigenvalue weighted by Gasteiger charge is 2.35. The van der Waals surface area contributed by atoms with Crippen LogP contribution in [0.3, 0.4) is 0 Å². The predicted octanol–water partition coefficient (Wildman–Crippen LogP) is 14.3. The Morgan fingerprint density at radius 3 is 2.08 bits per heavy atom. The number of hydrogen-bond acceptors (Lipinski definition) is 3. The zero-order valence-electron chi connectivity index (χ0n) is 33.1. The fraction of sp³-hybridized carbons (Fsp3) is 0.0741. The number of aliphatic imine (C=N–C) groups is 1. The smallest absolute Gasteiger partial charge is 0.154 e. The first-order valence-corrected chi connectivity index (χ1v) is 20.7. The normalized spacial score (nSPS) is 13.0. The summed E-state index contributed by atoms with van der Waals surface area (Å²) in [6, 6.07) is 61.2. The minimum Gasteiger partial charge on any atom is -0.456 e. The van der Waals surface area contributed by atoms with Crippen molar-refractivity contribution >= 4 is 65.1 Å². The molecule has 2 heterocycles. The standard InChI is InChI=1S/C47H33N3OS.C7H8/c1-47(2)37-16-8-6-13-31(37)32-21-19-29(25-38(32)47)45(48)50-46(49)34-15-10-17-40-43(34)36-23-28(20-22-39(36)51-40)35-24-30(27-11-4-3-5-12-27)26-42-44(35)33-14-7-9-18-41(33)52-42;1-7-5-3-2-4-6-7/h3-26H,1-2H3,(H3,48,49,50);2-6H,1H3. The summed E-state index contributed by atoms with van der Waals surface area (Å²) in [5.41, 5.74) is 20.6. The highest BCUT2D eigenvalue weighted by molar-refractivity contribution is 7.26. The summed E-state index contributed by atoms with van der Waals surface area (Å²) >= 11 is 1.83. The maximum atomic E-state index is 9.07. The third kappa shape index (κ3) is 6.31. The zero-order chi connectivity index (χ0) is 40.3. The molecule has 59 heavy (non-hydrogen) atoms. The minimum absolute atomic E-state index is 0.127. The number of rotatable bonds is 4. The number of amidine groups is 2. The second kappa shape index (κ2) is 14.4. The average molecular weight is 780 g/mol. The first kappa shape index (κ1) is 36.3. The number of nitrogens with one attached hydrogen (secondary N) is 1. The number of hydrogen-bond donors (Lipinski definition) is 2. The van der Waals surface area contributed by atoms with Gasteiger partial charge >= 0.3 is 0 Å². The van der Waals surface area contributed by atoms with Crippen LogP contribution in [0.1, 0.15) is 41.7 Å². The van der Waals surface area contributed by atoms with Crippen LogP contribution >= 0.6 is 11.3 Å². The summed E-state index contributed by atoms with van der Waals surface area (Å²) in [7, 11) is 0. The van der Waals surface area contributed by atoms with Crippen LogP contribution in [0, 0.1) is 12.3 Å². The van der Waals surface area contributed by atoms with Crippen molar-refractivity contribution in [2.75, 3.05) is 0 Å². The monoisotopic (exact) mass is 779 g/mol. The van der Waals surface area contributed by atoms with E-state index in [1.54, 1.807) is 0 Å². The van der Waals surface area contributed by atoms with Crippen LogP contribution in [-0.4, -0.2) is 11.7 Å². The molecule has 0 bridgehead atoms. The Bertz CT molecular complexity index is 3280. The Hall–Kier alpha value is -7.08. The second-order valence-corrected chi connectivity index (χ2v) is 16.9. The second-order valence-electron chi connectivity index (χ2n) is 15.8. The van der Waals surface area contributed by atoms with E-state index in [4.69, 9.17) is 20.6 Å². The highest BCUT2D eigenvalue weighted by Crippen LogP contribution is 2.49. The number of nitrogens with zero attached hydrogens (tertiary/aromatic N) is 1. The highest BCUT2D eigenvalue weighted by atomic mass is 32.1. The van der Waals surface area contributed by atoms with Crippen LogP contribution in [0.5, 0.6) is 0 Å². The van der Waals surface area contributed by atoms with Crippen molar-refractivity contribution in [2.24, 2.45) is 10.7 Å². The van der Waals surface area contributed by atoms with Gasteiger partial charge in [0.2, 0.25) is 0 Å². The van der Waals surface area contributed by atoms with E-state index in [0.29, 0.717) is 0 Å². The van der Waals surface area contributed by atoms with Crippen molar-refractivity contribution in [1.29, 1.82) is 5.41 Å². The summed E-state index contributed by atoms with van der Waals surface area (Å²) in [6.07, 6.45) is 0. The molecule has 0 spiro atoms. The largest absolute Gasteiger partial charge is 0.456 e. The third-order valence-corrected chi connectivity index (χ3v) is 12.8. The van der Waals surface area contributed by atoms with Gasteiger partial charge in [-0.3, -0.25) is 5.41 Å². The molecule has 284 valence electrons. The molecule has 0 aliphatic heterocycles. The molecule has 5 heteroatoms. The fourth-order valence-electron chi connectivity index (χ4n) is 8.72. The van der Waals surface area contributed by atoms with E-state index in [0.717, 1.165) is 38.6 Å². The SMILES string of the molecule is CC1(C)c2ccccc2-c2ccc(C(=N)N=C(N)c3cccc4oc5ccc(-c6cc(-c7ccccc7)cc7sc8ccccc8c67)cc5c34)cc21.Cc1ccccc1. The maximum Gasteiger partial charge on any atom is 0.154 e. The summed E-state index contributed by atoms with van der Waals surface area (Å²) in [4.78, 5) is 4.71. The van der Waals surface area contributed by atoms with E-state index < -0.39 is 0 Å². The number of aryl methyl sites for hydroxylation is 1. The number of thiophene rings is 1. The van der Waals surface area contributed by atoms with E-state index in [-0.39, 0.29) is 17.1 Å². The molecule has 0 saturated carbocycles. The molecule has 8 aromatic carbocycles. The molecule has 4 nitrogen and oxygen atoms in total. The van der Waals surface area contributed by atoms with Crippen molar-refractivity contribution in [3.05, 3.63) is 204 Å². The van der Waals surface area contributed by atoms with Crippen LogP contribution in [-0.2, 0) is 5.41 Å². The van der Waals surface area contributed by atoms with Crippen LogP contribution in [0.4, 0.5) is 0 Å². The van der Waals surface area contributed by atoms with Gasteiger partial charge in [0.25, 0.3) is 0 Å². The van der Waals surface area contributed by atoms with Gasteiger partial charge < -0.3 is 10.2 Å². The van der Waals surface area contributed by atoms with Crippen LogP contribution < -0.4 is 5.73 Å². The van der Waals surface area contributed by atoms with Gasteiger partial charge in [-0.05, 0) is 93.9 Å². The molecular formula is C54H41N3OS. The summed E-state index contributed by atoms with van der Waals surface area (Å²) in [5.74, 6) is 0.408. The minimum atomic E-state index is -0.169. The lowest BCUT2D eigenvalue weighted by molar-refractivity contribution is 0.660. The van der Waals surface area contributed by atoms with Crippen molar-refractivity contribution in [3.63, 3.8) is 0 Å². The first-order chi connectivity index (χ1) is 28.7. The van der Waals surface area contributed by atoms with E-state index in [1.165, 1.54) is 64.7 Å². The van der Waals surface area contributed by atoms with Crippen molar-refractivity contribution in [1.82, 2.24) is 0 Å². The van der Waals surface area contributed by atoms with Gasteiger partial charge in [-0.25, -0.2) is 4.99 Å². The molecule has 3 N–H and O–H groups in total. The van der Waals surface area contributed by atoms with Crippen LogP contribution in [0.2, 0.25) is 0 Å². The summed E-state index contributed by atoms with van der Waals surface area (Å²) < 4.78 is 8.92. The topological polar surface area (TPSA) is 75.4 Å². The van der Waals surface area contributed by atoms with Crippen LogP contribution in [0.15, 0.2) is 185 Å². The molecule has 0 radical (unpaired) electrons. The molecule has 10 aromatic rings. The Morgan fingerprint density at radius 2 is 1.29 bits per heavy atom. The molecule has 0 unspecified atom stereocenters. The molecule has 0 atom stereocenters.